The minimum absolute atomic E-state index is 0.593. The molecule has 2 aromatic rings. The fourth-order valence-corrected chi connectivity index (χ4v) is 2.11. The van der Waals surface area contributed by atoms with Gasteiger partial charge < -0.3 is 15.0 Å². The van der Waals surface area contributed by atoms with Crippen molar-refractivity contribution in [3.05, 3.63) is 22.9 Å². The Kier molecular flexibility index (Phi) is 2.93. The number of aromatic nitrogens is 2. The van der Waals surface area contributed by atoms with E-state index >= 15 is 0 Å². The van der Waals surface area contributed by atoms with Crippen molar-refractivity contribution >= 4 is 27.0 Å². The zero-order valence-corrected chi connectivity index (χ0v) is 9.99. The predicted octanol–water partition coefficient (Wildman–Crippen LogP) is 1.77. The standard InChI is InChI=1S/C10H12BrN3O/c1-15-7-2-3-9-8(6-7)13-10(11)14(9)5-4-12/h2-3,6H,4-5,12H2,1H3. The van der Waals surface area contributed by atoms with E-state index in [-0.39, 0.29) is 0 Å². The van der Waals surface area contributed by atoms with Crippen LogP contribution in [0.5, 0.6) is 5.75 Å². The number of hydrogen-bond acceptors (Lipinski definition) is 3. The monoisotopic (exact) mass is 269 g/mol. The van der Waals surface area contributed by atoms with Crippen LogP contribution in [0.1, 0.15) is 0 Å². The van der Waals surface area contributed by atoms with Gasteiger partial charge in [0, 0.05) is 19.2 Å². The summed E-state index contributed by atoms with van der Waals surface area (Å²) in [4.78, 5) is 4.38. The van der Waals surface area contributed by atoms with Gasteiger partial charge in [0.2, 0.25) is 0 Å². The highest BCUT2D eigenvalue weighted by atomic mass is 79.9. The van der Waals surface area contributed by atoms with E-state index in [1.54, 1.807) is 7.11 Å². The molecule has 0 aliphatic rings. The van der Waals surface area contributed by atoms with Crippen molar-refractivity contribution in [3.8, 4) is 5.75 Å². The Hall–Kier alpha value is -1.07. The van der Waals surface area contributed by atoms with Gasteiger partial charge in [-0.05, 0) is 28.1 Å². The predicted molar refractivity (Wildman–Crippen MR) is 63.0 cm³/mol. The third kappa shape index (κ3) is 1.85. The second-order valence-electron chi connectivity index (χ2n) is 3.18. The van der Waals surface area contributed by atoms with Crippen LogP contribution in [0.4, 0.5) is 0 Å². The summed E-state index contributed by atoms with van der Waals surface area (Å²) in [5, 5.41) is 0. The van der Waals surface area contributed by atoms with Crippen molar-refractivity contribution in [2.75, 3.05) is 13.7 Å². The summed E-state index contributed by atoms with van der Waals surface area (Å²) >= 11 is 3.41. The maximum atomic E-state index is 5.54. The van der Waals surface area contributed by atoms with Crippen molar-refractivity contribution in [2.45, 2.75) is 6.54 Å². The molecule has 0 atom stereocenters. The number of methoxy groups -OCH3 is 1. The number of hydrogen-bond donors (Lipinski definition) is 1. The largest absolute Gasteiger partial charge is 0.497 e. The number of nitrogens with two attached hydrogens (primary N) is 1. The van der Waals surface area contributed by atoms with Crippen LogP contribution in [0.15, 0.2) is 22.9 Å². The normalized spacial score (nSPS) is 10.9. The third-order valence-electron chi connectivity index (χ3n) is 2.26. The van der Waals surface area contributed by atoms with Crippen molar-refractivity contribution in [2.24, 2.45) is 5.73 Å². The Balaban J connectivity index is 2.58. The first-order valence-corrected chi connectivity index (χ1v) is 5.45. The van der Waals surface area contributed by atoms with E-state index in [0.29, 0.717) is 6.54 Å². The van der Waals surface area contributed by atoms with Gasteiger partial charge in [-0.2, -0.15) is 0 Å². The SMILES string of the molecule is COc1ccc2c(c1)nc(Br)n2CCN. The number of imidazole rings is 1. The average Bonchev–Trinajstić information content (AvgIpc) is 2.55. The van der Waals surface area contributed by atoms with E-state index in [4.69, 9.17) is 10.5 Å². The molecule has 0 amide bonds. The third-order valence-corrected chi connectivity index (χ3v) is 2.87. The molecule has 1 aromatic heterocycles. The summed E-state index contributed by atoms with van der Waals surface area (Å²) < 4.78 is 7.98. The summed E-state index contributed by atoms with van der Waals surface area (Å²) in [6.45, 7) is 1.35. The van der Waals surface area contributed by atoms with Gasteiger partial charge in [-0.3, -0.25) is 0 Å². The number of fused-ring (bicyclic) bond motifs is 1. The first-order valence-electron chi connectivity index (χ1n) is 4.66. The highest BCUT2D eigenvalue weighted by Gasteiger charge is 2.08. The van der Waals surface area contributed by atoms with E-state index in [1.165, 1.54) is 0 Å². The smallest absolute Gasteiger partial charge is 0.178 e. The summed E-state index contributed by atoms with van der Waals surface area (Å²) in [5.41, 5.74) is 7.52. The first kappa shape index (κ1) is 10.4. The molecule has 0 spiro atoms. The second-order valence-corrected chi connectivity index (χ2v) is 3.89. The molecule has 0 fully saturated rings. The van der Waals surface area contributed by atoms with Crippen LogP contribution >= 0.6 is 15.9 Å². The Morgan fingerprint density at radius 2 is 2.33 bits per heavy atom. The van der Waals surface area contributed by atoms with Crippen LogP contribution in [-0.4, -0.2) is 23.2 Å². The molecule has 0 aliphatic heterocycles. The number of nitrogens with zero attached hydrogens (tertiary/aromatic N) is 2. The molecule has 1 heterocycles. The summed E-state index contributed by atoms with van der Waals surface area (Å²) in [6, 6.07) is 5.82. The van der Waals surface area contributed by atoms with Crippen LogP contribution < -0.4 is 10.5 Å². The lowest BCUT2D eigenvalue weighted by Gasteiger charge is -2.03. The lowest BCUT2D eigenvalue weighted by atomic mass is 10.3. The minimum atomic E-state index is 0.593. The molecular weight excluding hydrogens is 258 g/mol. The second kappa shape index (κ2) is 4.20. The quantitative estimate of drug-likeness (QED) is 0.924. The molecule has 0 radical (unpaired) electrons. The van der Waals surface area contributed by atoms with Gasteiger partial charge in [0.1, 0.15) is 5.75 Å². The lowest BCUT2D eigenvalue weighted by Crippen LogP contribution is -2.09. The zero-order chi connectivity index (χ0) is 10.8. The van der Waals surface area contributed by atoms with Crippen molar-refractivity contribution in [1.29, 1.82) is 0 Å². The average molecular weight is 270 g/mol. The van der Waals surface area contributed by atoms with Crippen LogP contribution in [0.2, 0.25) is 0 Å². The van der Waals surface area contributed by atoms with Gasteiger partial charge in [0.05, 0.1) is 18.1 Å². The molecule has 80 valence electrons. The van der Waals surface area contributed by atoms with Crippen LogP contribution in [0.25, 0.3) is 11.0 Å². The van der Waals surface area contributed by atoms with Gasteiger partial charge in [-0.25, -0.2) is 4.98 Å². The van der Waals surface area contributed by atoms with E-state index in [0.717, 1.165) is 28.1 Å². The maximum absolute atomic E-state index is 5.54. The molecule has 0 saturated carbocycles. The van der Waals surface area contributed by atoms with Crippen LogP contribution in [-0.2, 0) is 6.54 Å². The van der Waals surface area contributed by atoms with Gasteiger partial charge >= 0.3 is 0 Å². The summed E-state index contributed by atoms with van der Waals surface area (Å²) in [5.74, 6) is 0.812. The highest BCUT2D eigenvalue weighted by molar-refractivity contribution is 9.10. The van der Waals surface area contributed by atoms with Gasteiger partial charge in [0.25, 0.3) is 0 Å². The fourth-order valence-electron chi connectivity index (χ4n) is 1.55. The fraction of sp³-hybridized carbons (Fsp3) is 0.300. The maximum Gasteiger partial charge on any atom is 0.178 e. The number of benzene rings is 1. The van der Waals surface area contributed by atoms with E-state index in [2.05, 4.69) is 20.9 Å². The summed E-state index contributed by atoms with van der Waals surface area (Å²) in [7, 11) is 1.65. The van der Waals surface area contributed by atoms with Crippen LogP contribution in [0.3, 0.4) is 0 Å². The Morgan fingerprint density at radius 3 is 3.00 bits per heavy atom. The Morgan fingerprint density at radius 1 is 1.53 bits per heavy atom. The molecule has 0 bridgehead atoms. The van der Waals surface area contributed by atoms with Crippen molar-refractivity contribution < 1.29 is 4.74 Å². The molecule has 15 heavy (non-hydrogen) atoms. The van der Waals surface area contributed by atoms with Gasteiger partial charge in [0.15, 0.2) is 4.73 Å². The molecule has 1 aromatic carbocycles. The first-order chi connectivity index (χ1) is 7.26. The molecular formula is C10H12BrN3O. The number of halogens is 1. The zero-order valence-electron chi connectivity index (χ0n) is 8.40. The molecule has 0 aliphatic carbocycles. The van der Waals surface area contributed by atoms with E-state index in [1.807, 2.05) is 22.8 Å². The van der Waals surface area contributed by atoms with Gasteiger partial charge in [-0.1, -0.05) is 0 Å². The Bertz CT molecular complexity index is 481. The van der Waals surface area contributed by atoms with E-state index < -0.39 is 0 Å². The lowest BCUT2D eigenvalue weighted by molar-refractivity contribution is 0.415. The molecule has 5 heteroatoms. The molecule has 4 nitrogen and oxygen atoms in total. The van der Waals surface area contributed by atoms with Crippen molar-refractivity contribution in [3.63, 3.8) is 0 Å². The molecule has 2 N–H and O–H groups in total. The van der Waals surface area contributed by atoms with E-state index in [9.17, 15) is 0 Å². The molecule has 0 unspecified atom stereocenters. The Labute approximate surface area is 96.2 Å². The van der Waals surface area contributed by atoms with Crippen molar-refractivity contribution in [1.82, 2.24) is 9.55 Å². The highest BCUT2D eigenvalue weighted by Crippen LogP contribution is 2.23. The topological polar surface area (TPSA) is 53.1 Å². The minimum Gasteiger partial charge on any atom is -0.497 e. The summed E-state index contributed by atoms with van der Waals surface area (Å²) in [6.07, 6.45) is 0. The number of rotatable bonds is 3. The number of ether oxygens (including phenoxy) is 1. The van der Waals surface area contributed by atoms with Gasteiger partial charge in [-0.15, -0.1) is 0 Å². The molecule has 2 rings (SSSR count). The van der Waals surface area contributed by atoms with Crippen LogP contribution in [0, 0.1) is 0 Å². The molecule has 0 saturated heterocycles.